The molecule has 1 aliphatic rings. The van der Waals surface area contributed by atoms with Crippen LogP contribution in [0, 0.1) is 5.92 Å². The molecule has 0 saturated carbocycles. The molecule has 0 saturated heterocycles. The Morgan fingerprint density at radius 3 is 2.65 bits per heavy atom. The van der Waals surface area contributed by atoms with Crippen LogP contribution in [0.25, 0.3) is 0 Å². The molecule has 0 unspecified atom stereocenters. The minimum atomic E-state index is -0.976. The predicted molar refractivity (Wildman–Crippen MR) is 95.3 cm³/mol. The zero-order valence-corrected chi connectivity index (χ0v) is 14.5. The van der Waals surface area contributed by atoms with Crippen LogP contribution in [0.4, 0.5) is 0 Å². The number of fused-ring (bicyclic) bond motifs is 1. The van der Waals surface area contributed by atoms with E-state index in [0.717, 1.165) is 16.9 Å². The van der Waals surface area contributed by atoms with E-state index in [-0.39, 0.29) is 24.9 Å². The van der Waals surface area contributed by atoms with Crippen LogP contribution in [-0.4, -0.2) is 30.7 Å². The number of hydrogen-bond donors (Lipinski definition) is 2. The van der Waals surface area contributed by atoms with Gasteiger partial charge in [0.2, 0.25) is 5.91 Å². The Labute approximate surface area is 151 Å². The van der Waals surface area contributed by atoms with E-state index in [1.165, 1.54) is 0 Å². The molecule has 1 aliphatic heterocycles. The smallest absolute Gasteiger partial charge is 0.305 e. The van der Waals surface area contributed by atoms with Crippen LogP contribution >= 0.6 is 0 Å². The van der Waals surface area contributed by atoms with Crippen molar-refractivity contribution in [2.24, 2.45) is 5.92 Å². The van der Waals surface area contributed by atoms with Crippen LogP contribution in [-0.2, 0) is 16.0 Å². The summed E-state index contributed by atoms with van der Waals surface area (Å²) >= 11 is 0. The minimum absolute atomic E-state index is 0.192. The molecule has 26 heavy (non-hydrogen) atoms. The minimum Gasteiger partial charge on any atom is -0.497 e. The second-order valence-electron chi connectivity index (χ2n) is 6.25. The second-order valence-corrected chi connectivity index (χ2v) is 6.25. The van der Waals surface area contributed by atoms with E-state index in [4.69, 9.17) is 9.47 Å². The third-order valence-electron chi connectivity index (χ3n) is 4.46. The number of carbonyl (C=O) groups is 2. The summed E-state index contributed by atoms with van der Waals surface area (Å²) in [5.74, 6) is -0.0578. The van der Waals surface area contributed by atoms with Crippen LogP contribution in [0.2, 0.25) is 0 Å². The van der Waals surface area contributed by atoms with Gasteiger partial charge in [-0.2, -0.15) is 0 Å². The zero-order chi connectivity index (χ0) is 18.5. The van der Waals surface area contributed by atoms with E-state index >= 15 is 0 Å². The van der Waals surface area contributed by atoms with Crippen LogP contribution < -0.4 is 14.8 Å². The Balaban J connectivity index is 1.72. The quantitative estimate of drug-likeness (QED) is 0.832. The van der Waals surface area contributed by atoms with Crippen molar-refractivity contribution >= 4 is 11.9 Å². The van der Waals surface area contributed by atoms with Gasteiger partial charge in [-0.1, -0.05) is 30.3 Å². The lowest BCUT2D eigenvalue weighted by molar-refractivity contribution is -0.138. The molecular weight excluding hydrogens is 334 g/mol. The lowest BCUT2D eigenvalue weighted by Gasteiger charge is -2.26. The van der Waals surface area contributed by atoms with Crippen LogP contribution in [0.1, 0.15) is 23.6 Å². The molecule has 3 rings (SSSR count). The van der Waals surface area contributed by atoms with Crippen molar-refractivity contribution in [3.8, 4) is 11.5 Å². The van der Waals surface area contributed by atoms with Crippen LogP contribution in [0.15, 0.2) is 48.5 Å². The molecule has 0 fully saturated rings. The summed E-state index contributed by atoms with van der Waals surface area (Å²) in [7, 11) is 1.56. The first-order chi connectivity index (χ1) is 12.6. The Bertz CT molecular complexity index is 787. The Kier molecular flexibility index (Phi) is 5.41. The number of rotatable bonds is 6. The number of carboxylic acid groups (broad SMARTS) is 1. The van der Waals surface area contributed by atoms with Crippen molar-refractivity contribution in [1.82, 2.24) is 5.32 Å². The second kappa shape index (κ2) is 7.91. The molecular formula is C20H21NO5. The predicted octanol–water partition coefficient (Wildman–Crippen LogP) is 2.58. The first kappa shape index (κ1) is 17.8. The Hall–Kier alpha value is -3.02. The van der Waals surface area contributed by atoms with E-state index < -0.39 is 12.0 Å². The van der Waals surface area contributed by atoms with Crippen molar-refractivity contribution in [2.45, 2.75) is 18.9 Å². The molecule has 0 spiro atoms. The number of carbonyl (C=O) groups excluding carboxylic acids is 1. The molecule has 1 amide bonds. The summed E-state index contributed by atoms with van der Waals surface area (Å²) in [4.78, 5) is 23.9. The van der Waals surface area contributed by atoms with Gasteiger partial charge in [0.25, 0.3) is 0 Å². The van der Waals surface area contributed by atoms with Gasteiger partial charge in [0.15, 0.2) is 0 Å². The molecule has 1 heterocycles. The van der Waals surface area contributed by atoms with E-state index in [1.54, 1.807) is 31.4 Å². The van der Waals surface area contributed by atoms with Crippen molar-refractivity contribution in [3.63, 3.8) is 0 Å². The van der Waals surface area contributed by atoms with Gasteiger partial charge >= 0.3 is 5.97 Å². The van der Waals surface area contributed by atoms with Crippen LogP contribution in [0.5, 0.6) is 11.5 Å². The molecule has 0 bridgehead atoms. The van der Waals surface area contributed by atoms with Gasteiger partial charge in [0.05, 0.1) is 25.5 Å². The lowest BCUT2D eigenvalue weighted by atomic mass is 9.95. The highest BCUT2D eigenvalue weighted by molar-refractivity contribution is 5.81. The van der Waals surface area contributed by atoms with Crippen molar-refractivity contribution in [2.75, 3.05) is 13.7 Å². The molecule has 0 aliphatic carbocycles. The number of ether oxygens (including phenoxy) is 2. The number of hydrogen-bond acceptors (Lipinski definition) is 4. The fourth-order valence-electron chi connectivity index (χ4n) is 3.05. The SMILES string of the molecule is COc1ccc([C@@H](CC(=O)O)NC(=O)[C@H]2COc3ccccc3C2)cc1. The number of methoxy groups -OCH3 is 1. The highest BCUT2D eigenvalue weighted by Gasteiger charge is 2.28. The number of nitrogens with one attached hydrogen (secondary N) is 1. The van der Waals surface area contributed by atoms with E-state index in [9.17, 15) is 14.7 Å². The van der Waals surface area contributed by atoms with Gasteiger partial charge in [0, 0.05) is 0 Å². The lowest BCUT2D eigenvalue weighted by Crippen LogP contribution is -2.39. The average Bonchev–Trinajstić information content (AvgIpc) is 2.66. The zero-order valence-electron chi connectivity index (χ0n) is 14.5. The van der Waals surface area contributed by atoms with E-state index in [1.807, 2.05) is 24.3 Å². The summed E-state index contributed by atoms with van der Waals surface area (Å²) in [6, 6.07) is 14.0. The molecule has 2 N–H and O–H groups in total. The van der Waals surface area contributed by atoms with Gasteiger partial charge in [-0.05, 0) is 35.7 Å². The van der Waals surface area contributed by atoms with Gasteiger partial charge in [-0.25, -0.2) is 0 Å². The van der Waals surface area contributed by atoms with Gasteiger partial charge in [-0.3, -0.25) is 9.59 Å². The molecule has 0 radical (unpaired) electrons. The van der Waals surface area contributed by atoms with Crippen LogP contribution in [0.3, 0.4) is 0 Å². The van der Waals surface area contributed by atoms with Gasteiger partial charge in [0.1, 0.15) is 18.1 Å². The number of benzene rings is 2. The topological polar surface area (TPSA) is 84.9 Å². The number of aliphatic carboxylic acids is 1. The van der Waals surface area contributed by atoms with Crippen molar-refractivity contribution in [1.29, 1.82) is 0 Å². The average molecular weight is 355 g/mol. The molecule has 2 atom stereocenters. The third-order valence-corrected chi connectivity index (χ3v) is 4.46. The highest BCUT2D eigenvalue weighted by atomic mass is 16.5. The van der Waals surface area contributed by atoms with Crippen molar-refractivity contribution in [3.05, 3.63) is 59.7 Å². The third kappa shape index (κ3) is 4.14. The first-order valence-corrected chi connectivity index (χ1v) is 8.43. The number of carboxylic acids is 1. The molecule has 6 nitrogen and oxygen atoms in total. The molecule has 136 valence electrons. The largest absolute Gasteiger partial charge is 0.497 e. The summed E-state index contributed by atoms with van der Waals surface area (Å²) in [6.45, 7) is 0.283. The molecule has 6 heteroatoms. The maximum absolute atomic E-state index is 12.7. The first-order valence-electron chi connectivity index (χ1n) is 8.43. The molecule has 2 aromatic rings. The molecule has 0 aromatic heterocycles. The standard InChI is InChI=1S/C20H21NO5/c1-25-16-8-6-13(7-9-16)17(11-19(22)23)21-20(24)15-10-14-4-2-3-5-18(14)26-12-15/h2-9,15,17H,10-12H2,1H3,(H,21,24)(H,22,23)/t15-,17-/m1/s1. The summed E-state index contributed by atoms with van der Waals surface area (Å²) < 4.78 is 10.8. The fraction of sp³-hybridized carbons (Fsp3) is 0.300. The monoisotopic (exact) mass is 355 g/mol. The fourth-order valence-corrected chi connectivity index (χ4v) is 3.05. The Morgan fingerprint density at radius 1 is 1.23 bits per heavy atom. The summed E-state index contributed by atoms with van der Waals surface area (Å²) in [6.07, 6.45) is 0.382. The van der Waals surface area contributed by atoms with E-state index in [0.29, 0.717) is 12.2 Å². The van der Waals surface area contributed by atoms with Gasteiger partial charge in [-0.15, -0.1) is 0 Å². The maximum Gasteiger partial charge on any atom is 0.305 e. The normalized spacial score (nSPS) is 16.7. The molecule has 2 aromatic carbocycles. The number of amides is 1. The summed E-state index contributed by atoms with van der Waals surface area (Å²) in [5, 5.41) is 12.1. The van der Waals surface area contributed by atoms with Gasteiger partial charge < -0.3 is 19.9 Å². The maximum atomic E-state index is 12.7. The number of para-hydroxylation sites is 1. The highest BCUT2D eigenvalue weighted by Crippen LogP contribution is 2.28. The van der Waals surface area contributed by atoms with E-state index in [2.05, 4.69) is 5.32 Å². The summed E-state index contributed by atoms with van der Waals surface area (Å²) in [5.41, 5.74) is 1.71. The van der Waals surface area contributed by atoms with Crippen molar-refractivity contribution < 1.29 is 24.2 Å². The Morgan fingerprint density at radius 2 is 1.96 bits per heavy atom.